The van der Waals surface area contributed by atoms with Crippen LogP contribution < -0.4 is 0 Å². The third-order valence-electron chi connectivity index (χ3n) is 6.57. The minimum absolute atomic E-state index is 0.0656. The molecule has 5 heteroatoms. The highest BCUT2D eigenvalue weighted by molar-refractivity contribution is 6.02. The van der Waals surface area contributed by atoms with Gasteiger partial charge in [-0.15, -0.1) is 5.73 Å². The summed E-state index contributed by atoms with van der Waals surface area (Å²) in [6.07, 6.45) is 3.97. The van der Waals surface area contributed by atoms with Crippen LogP contribution in [0.4, 0.5) is 0 Å². The fourth-order valence-electron chi connectivity index (χ4n) is 5.13. The Kier molecular flexibility index (Phi) is 3.79. The van der Waals surface area contributed by atoms with Gasteiger partial charge in [0.05, 0.1) is 13.2 Å². The molecular formula is C18H24O5. The van der Waals surface area contributed by atoms with E-state index in [9.17, 15) is 14.7 Å². The maximum Gasteiger partial charge on any atom is 0.314 e. The van der Waals surface area contributed by atoms with Gasteiger partial charge in [-0.25, -0.2) is 0 Å². The molecule has 0 aromatic heterocycles. The van der Waals surface area contributed by atoms with E-state index in [0.717, 1.165) is 0 Å². The molecule has 1 spiro atoms. The van der Waals surface area contributed by atoms with Crippen LogP contribution in [-0.2, 0) is 19.1 Å². The summed E-state index contributed by atoms with van der Waals surface area (Å²) in [7, 11) is 0. The molecule has 3 rings (SSSR count). The molecule has 0 bridgehead atoms. The standard InChI is InChI=1S/C18H24O5/c1-4-6-17-7-5-13(15(20)21)14(19)16(17,3)8-9-18(12(17)2)22-10-11-23-18/h6,12-13H,1,5,7-11H2,2-3H3,(H,20,21). The van der Waals surface area contributed by atoms with Crippen LogP contribution in [0.25, 0.3) is 0 Å². The van der Waals surface area contributed by atoms with Gasteiger partial charge in [-0.05, 0) is 25.3 Å². The van der Waals surface area contributed by atoms with Crippen molar-refractivity contribution in [1.82, 2.24) is 0 Å². The largest absolute Gasteiger partial charge is 0.481 e. The van der Waals surface area contributed by atoms with Gasteiger partial charge in [-0.3, -0.25) is 9.59 Å². The normalized spacial score (nSPS) is 42.1. The molecule has 4 atom stereocenters. The number of hydrogen-bond donors (Lipinski definition) is 1. The molecule has 2 saturated carbocycles. The van der Waals surface area contributed by atoms with Crippen LogP contribution >= 0.6 is 0 Å². The Bertz CT molecular complexity index is 584. The van der Waals surface area contributed by atoms with E-state index in [2.05, 4.69) is 12.3 Å². The number of ketones is 1. The predicted octanol–water partition coefficient (Wildman–Crippen LogP) is 2.56. The topological polar surface area (TPSA) is 72.8 Å². The zero-order chi connectivity index (χ0) is 16.9. The first-order valence-electron chi connectivity index (χ1n) is 8.25. The van der Waals surface area contributed by atoms with Gasteiger partial charge in [0.2, 0.25) is 0 Å². The highest BCUT2D eigenvalue weighted by atomic mass is 16.7. The molecule has 23 heavy (non-hydrogen) atoms. The first-order valence-corrected chi connectivity index (χ1v) is 8.25. The van der Waals surface area contributed by atoms with Crippen molar-refractivity contribution in [1.29, 1.82) is 0 Å². The van der Waals surface area contributed by atoms with Crippen molar-refractivity contribution in [2.45, 2.75) is 45.3 Å². The third kappa shape index (κ3) is 2.00. The average molecular weight is 320 g/mol. The van der Waals surface area contributed by atoms with Crippen LogP contribution in [-0.4, -0.2) is 35.9 Å². The fourth-order valence-corrected chi connectivity index (χ4v) is 5.13. The molecule has 1 saturated heterocycles. The summed E-state index contributed by atoms with van der Waals surface area (Å²) in [4.78, 5) is 24.5. The molecule has 0 radical (unpaired) electrons. The summed E-state index contributed by atoms with van der Waals surface area (Å²) >= 11 is 0. The molecule has 1 aliphatic heterocycles. The molecule has 2 aliphatic carbocycles. The number of aliphatic carboxylic acids is 1. The van der Waals surface area contributed by atoms with E-state index < -0.39 is 28.5 Å². The molecule has 1 heterocycles. The number of carboxylic acid groups (broad SMARTS) is 1. The molecule has 3 fully saturated rings. The smallest absolute Gasteiger partial charge is 0.314 e. The zero-order valence-electron chi connectivity index (χ0n) is 13.8. The maximum atomic E-state index is 13.0. The molecule has 3 aliphatic rings. The van der Waals surface area contributed by atoms with E-state index in [-0.39, 0.29) is 11.7 Å². The van der Waals surface area contributed by atoms with E-state index in [1.54, 1.807) is 0 Å². The van der Waals surface area contributed by atoms with Crippen LogP contribution in [0, 0.1) is 22.7 Å². The Balaban J connectivity index is 2.09. The van der Waals surface area contributed by atoms with Gasteiger partial charge in [-0.2, -0.15) is 0 Å². The van der Waals surface area contributed by atoms with Crippen molar-refractivity contribution in [3.63, 3.8) is 0 Å². The molecule has 0 amide bonds. The van der Waals surface area contributed by atoms with Crippen LogP contribution in [0.3, 0.4) is 0 Å². The number of rotatable bonds is 2. The molecular weight excluding hydrogens is 296 g/mol. The van der Waals surface area contributed by atoms with Crippen molar-refractivity contribution >= 4 is 11.8 Å². The minimum atomic E-state index is -1.02. The highest BCUT2D eigenvalue weighted by Gasteiger charge is 2.67. The molecule has 0 aromatic carbocycles. The number of Topliss-reactive ketones (excluding diaryl/α,β-unsaturated/α-hetero) is 1. The van der Waals surface area contributed by atoms with Gasteiger partial charge in [0.15, 0.2) is 11.6 Å². The minimum Gasteiger partial charge on any atom is -0.481 e. The van der Waals surface area contributed by atoms with Gasteiger partial charge >= 0.3 is 5.97 Å². The SMILES string of the molecule is C=C=CC12CCC(C(=O)O)C(=O)C1(C)CCC1(OCCO1)C2C. The van der Waals surface area contributed by atoms with Crippen LogP contribution in [0.5, 0.6) is 0 Å². The maximum absolute atomic E-state index is 13.0. The van der Waals surface area contributed by atoms with E-state index in [0.29, 0.717) is 38.9 Å². The summed E-state index contributed by atoms with van der Waals surface area (Å²) in [5.74, 6) is -2.86. The van der Waals surface area contributed by atoms with E-state index in [1.165, 1.54) is 0 Å². The van der Waals surface area contributed by atoms with E-state index >= 15 is 0 Å². The molecule has 0 aromatic rings. The van der Waals surface area contributed by atoms with Gasteiger partial charge in [0.25, 0.3) is 0 Å². The fraction of sp³-hybridized carbons (Fsp3) is 0.722. The van der Waals surface area contributed by atoms with Gasteiger partial charge < -0.3 is 14.6 Å². The average Bonchev–Trinajstić information content (AvgIpc) is 2.98. The summed E-state index contributed by atoms with van der Waals surface area (Å²) < 4.78 is 11.9. The second-order valence-electron chi connectivity index (χ2n) is 7.25. The summed E-state index contributed by atoms with van der Waals surface area (Å²) in [5.41, 5.74) is 1.59. The summed E-state index contributed by atoms with van der Waals surface area (Å²) in [6.45, 7) is 8.77. The number of fused-ring (bicyclic) bond motifs is 1. The van der Waals surface area contributed by atoms with Crippen LogP contribution in [0.1, 0.15) is 39.5 Å². The number of carboxylic acids is 1. The first kappa shape index (κ1) is 16.4. The van der Waals surface area contributed by atoms with Crippen LogP contribution in [0.2, 0.25) is 0 Å². The van der Waals surface area contributed by atoms with Crippen molar-refractivity contribution < 1.29 is 24.2 Å². The lowest BCUT2D eigenvalue weighted by Crippen LogP contribution is -2.64. The number of carbonyl (C=O) groups excluding carboxylic acids is 1. The van der Waals surface area contributed by atoms with Crippen molar-refractivity contribution in [2.24, 2.45) is 22.7 Å². The second-order valence-corrected chi connectivity index (χ2v) is 7.25. The van der Waals surface area contributed by atoms with Gasteiger partial charge in [0, 0.05) is 23.2 Å². The number of allylic oxidation sites excluding steroid dienone is 1. The van der Waals surface area contributed by atoms with E-state index in [4.69, 9.17) is 9.47 Å². The van der Waals surface area contributed by atoms with E-state index in [1.807, 2.05) is 19.9 Å². The Hall–Kier alpha value is -1.42. The Morgan fingerprint density at radius 1 is 1.35 bits per heavy atom. The monoisotopic (exact) mass is 320 g/mol. The lowest BCUT2D eigenvalue weighted by Gasteiger charge is -2.60. The number of hydrogen-bond acceptors (Lipinski definition) is 4. The Labute approximate surface area is 136 Å². The summed E-state index contributed by atoms with van der Waals surface area (Å²) in [6, 6.07) is 0. The predicted molar refractivity (Wildman–Crippen MR) is 82.6 cm³/mol. The van der Waals surface area contributed by atoms with Crippen molar-refractivity contribution in [3.8, 4) is 0 Å². The summed E-state index contributed by atoms with van der Waals surface area (Å²) in [5, 5.41) is 9.39. The van der Waals surface area contributed by atoms with Gasteiger partial charge in [0.1, 0.15) is 5.92 Å². The Morgan fingerprint density at radius 3 is 2.57 bits per heavy atom. The first-order chi connectivity index (χ1) is 10.8. The second kappa shape index (κ2) is 5.30. The quantitative estimate of drug-likeness (QED) is 0.625. The molecule has 4 unspecified atom stereocenters. The Morgan fingerprint density at radius 2 is 2.00 bits per heavy atom. The highest BCUT2D eigenvalue weighted by Crippen LogP contribution is 2.65. The number of ether oxygens (including phenoxy) is 2. The molecule has 126 valence electrons. The third-order valence-corrected chi connectivity index (χ3v) is 6.57. The lowest BCUT2D eigenvalue weighted by molar-refractivity contribution is -0.261. The van der Waals surface area contributed by atoms with Crippen molar-refractivity contribution in [2.75, 3.05) is 13.2 Å². The molecule has 5 nitrogen and oxygen atoms in total. The van der Waals surface area contributed by atoms with Gasteiger partial charge in [-0.1, -0.05) is 20.4 Å². The zero-order valence-corrected chi connectivity index (χ0v) is 13.8. The lowest BCUT2D eigenvalue weighted by atomic mass is 9.44. The van der Waals surface area contributed by atoms with Crippen LogP contribution in [0.15, 0.2) is 18.4 Å². The molecule has 1 N–H and O–H groups in total. The number of carbonyl (C=O) groups is 2. The van der Waals surface area contributed by atoms with Crippen molar-refractivity contribution in [3.05, 3.63) is 18.4 Å².